The van der Waals surface area contributed by atoms with Crippen LogP contribution in [0.4, 0.5) is 0 Å². The van der Waals surface area contributed by atoms with Crippen LogP contribution in [0.1, 0.15) is 20.8 Å². The van der Waals surface area contributed by atoms with Crippen LogP contribution in [-0.4, -0.2) is 32.3 Å². The molecule has 0 fully saturated rings. The number of carbonyl (C=O) groups excluding carboxylic acids is 1. The molecule has 0 amide bonds. The summed E-state index contributed by atoms with van der Waals surface area (Å²) in [4.78, 5) is 11.2. The Morgan fingerprint density at radius 2 is 2.00 bits per heavy atom. The van der Waals surface area contributed by atoms with E-state index >= 15 is 0 Å². The number of nitrogens with two attached hydrogens (primary N) is 1. The average Bonchev–Trinajstić information content (AvgIpc) is 1.99. The van der Waals surface area contributed by atoms with Crippen molar-refractivity contribution in [1.82, 2.24) is 0 Å². The Morgan fingerprint density at radius 1 is 1.46 bits per heavy atom. The van der Waals surface area contributed by atoms with Crippen LogP contribution in [0.3, 0.4) is 0 Å². The third kappa shape index (κ3) is 6.54. The van der Waals surface area contributed by atoms with E-state index in [-0.39, 0.29) is 12.0 Å². The van der Waals surface area contributed by atoms with Crippen molar-refractivity contribution >= 4 is 5.97 Å². The van der Waals surface area contributed by atoms with Crippen molar-refractivity contribution in [3.8, 4) is 0 Å². The van der Waals surface area contributed by atoms with Gasteiger partial charge in [0.25, 0.3) is 0 Å². The minimum Gasteiger partial charge on any atom is -0.464 e. The molecule has 0 spiro atoms. The van der Waals surface area contributed by atoms with Crippen LogP contribution < -0.4 is 5.73 Å². The van der Waals surface area contributed by atoms with Crippen LogP contribution in [0.25, 0.3) is 0 Å². The summed E-state index contributed by atoms with van der Waals surface area (Å²) in [5.41, 5.74) is 5.43. The quantitative estimate of drug-likeness (QED) is 0.656. The number of ether oxygens (including phenoxy) is 2. The maximum Gasteiger partial charge on any atom is 0.325 e. The molecule has 2 N–H and O–H groups in total. The highest BCUT2D eigenvalue weighted by atomic mass is 16.5. The van der Waals surface area contributed by atoms with Crippen LogP contribution >= 0.6 is 0 Å². The first-order valence-corrected chi connectivity index (χ1v) is 4.28. The Labute approximate surface area is 79.4 Å². The summed E-state index contributed by atoms with van der Waals surface area (Å²) in [6.07, 6.45) is 0. The Balaban J connectivity index is 3.74. The van der Waals surface area contributed by atoms with Gasteiger partial charge in [-0.15, -0.1) is 0 Å². The molecule has 0 bridgehead atoms. The van der Waals surface area contributed by atoms with Crippen molar-refractivity contribution in [3.05, 3.63) is 0 Å². The first-order chi connectivity index (χ1) is 5.87. The number of hydrogen-bond donors (Lipinski definition) is 1. The van der Waals surface area contributed by atoms with E-state index in [4.69, 9.17) is 15.2 Å². The van der Waals surface area contributed by atoms with Crippen LogP contribution in [0.15, 0.2) is 0 Å². The molecule has 0 aliphatic heterocycles. The smallest absolute Gasteiger partial charge is 0.325 e. The molecule has 0 radical (unpaired) electrons. The molecular formula is C9H19NO3. The summed E-state index contributed by atoms with van der Waals surface area (Å²) in [5, 5.41) is 0. The molecular weight excluding hydrogens is 170 g/mol. The average molecular weight is 189 g/mol. The second kappa shape index (κ2) is 5.19. The molecule has 4 heteroatoms. The van der Waals surface area contributed by atoms with Gasteiger partial charge in [0.2, 0.25) is 0 Å². The van der Waals surface area contributed by atoms with Gasteiger partial charge >= 0.3 is 5.97 Å². The molecule has 13 heavy (non-hydrogen) atoms. The van der Waals surface area contributed by atoms with Gasteiger partial charge in [0.1, 0.15) is 6.04 Å². The maximum absolute atomic E-state index is 11.2. The van der Waals surface area contributed by atoms with Crippen LogP contribution in [-0.2, 0) is 14.3 Å². The molecule has 0 aromatic heterocycles. The van der Waals surface area contributed by atoms with Gasteiger partial charge in [-0.1, -0.05) is 20.8 Å². The van der Waals surface area contributed by atoms with Crippen LogP contribution in [0.2, 0.25) is 0 Å². The van der Waals surface area contributed by atoms with E-state index < -0.39 is 12.0 Å². The van der Waals surface area contributed by atoms with Gasteiger partial charge in [0, 0.05) is 7.11 Å². The minimum absolute atomic E-state index is 0.0253. The highest BCUT2D eigenvalue weighted by Crippen LogP contribution is 2.12. The molecule has 0 rings (SSSR count). The fourth-order valence-corrected chi connectivity index (χ4v) is 0.642. The van der Waals surface area contributed by atoms with Crippen molar-refractivity contribution < 1.29 is 14.3 Å². The largest absolute Gasteiger partial charge is 0.464 e. The third-order valence-electron chi connectivity index (χ3n) is 1.30. The molecule has 1 atom stereocenters. The first kappa shape index (κ1) is 12.4. The van der Waals surface area contributed by atoms with E-state index in [9.17, 15) is 4.79 Å². The van der Waals surface area contributed by atoms with E-state index in [1.165, 1.54) is 7.11 Å². The van der Waals surface area contributed by atoms with E-state index in [0.717, 1.165) is 0 Å². The van der Waals surface area contributed by atoms with Gasteiger partial charge in [-0.25, -0.2) is 0 Å². The SMILES string of the molecule is COC[C@H](N)C(=O)OCC(C)(C)C. The standard InChI is InChI=1S/C9H19NO3/c1-9(2,3)6-13-8(11)7(10)5-12-4/h7H,5-6,10H2,1-4H3/t7-/m0/s1. The Kier molecular flexibility index (Phi) is 4.95. The summed E-state index contributed by atoms with van der Waals surface area (Å²) in [6, 6.07) is -0.674. The van der Waals surface area contributed by atoms with E-state index in [1.807, 2.05) is 20.8 Å². The normalized spacial score (nSPS) is 13.9. The van der Waals surface area contributed by atoms with Crippen molar-refractivity contribution in [3.63, 3.8) is 0 Å². The molecule has 0 aromatic carbocycles. The molecule has 4 nitrogen and oxygen atoms in total. The first-order valence-electron chi connectivity index (χ1n) is 4.28. The topological polar surface area (TPSA) is 61.5 Å². The minimum atomic E-state index is -0.674. The predicted molar refractivity (Wildman–Crippen MR) is 50.3 cm³/mol. The lowest BCUT2D eigenvalue weighted by atomic mass is 9.99. The molecule has 0 saturated carbocycles. The van der Waals surface area contributed by atoms with Gasteiger partial charge in [-0.2, -0.15) is 0 Å². The van der Waals surface area contributed by atoms with Gasteiger partial charge in [-0.3, -0.25) is 4.79 Å². The van der Waals surface area contributed by atoms with E-state index in [0.29, 0.717) is 6.61 Å². The van der Waals surface area contributed by atoms with Gasteiger partial charge in [0.15, 0.2) is 0 Å². The summed E-state index contributed by atoms with van der Waals surface area (Å²) in [5.74, 6) is -0.406. The van der Waals surface area contributed by atoms with Gasteiger partial charge in [-0.05, 0) is 5.41 Å². The fourth-order valence-electron chi connectivity index (χ4n) is 0.642. The Hall–Kier alpha value is -0.610. The number of rotatable bonds is 4. The zero-order valence-electron chi connectivity index (χ0n) is 8.79. The highest BCUT2D eigenvalue weighted by molar-refractivity contribution is 5.75. The molecule has 0 heterocycles. The Morgan fingerprint density at radius 3 is 2.38 bits per heavy atom. The van der Waals surface area contributed by atoms with E-state index in [2.05, 4.69) is 0 Å². The zero-order valence-corrected chi connectivity index (χ0v) is 8.79. The second-order valence-corrected chi connectivity index (χ2v) is 4.23. The van der Waals surface area contributed by atoms with Crippen LogP contribution in [0.5, 0.6) is 0 Å². The van der Waals surface area contributed by atoms with Crippen molar-refractivity contribution in [1.29, 1.82) is 0 Å². The molecule has 0 aliphatic carbocycles. The number of carbonyl (C=O) groups is 1. The number of esters is 1. The highest BCUT2D eigenvalue weighted by Gasteiger charge is 2.18. The molecule has 0 aromatic rings. The summed E-state index contributed by atoms with van der Waals surface area (Å²) in [6.45, 7) is 6.54. The fraction of sp³-hybridized carbons (Fsp3) is 0.889. The van der Waals surface area contributed by atoms with Crippen molar-refractivity contribution in [2.24, 2.45) is 11.1 Å². The number of methoxy groups -OCH3 is 1. The Bertz CT molecular complexity index is 163. The third-order valence-corrected chi connectivity index (χ3v) is 1.30. The lowest BCUT2D eigenvalue weighted by Gasteiger charge is -2.19. The van der Waals surface area contributed by atoms with E-state index in [1.54, 1.807) is 0 Å². The van der Waals surface area contributed by atoms with Crippen molar-refractivity contribution in [2.45, 2.75) is 26.8 Å². The summed E-state index contributed by atoms with van der Waals surface area (Å²) >= 11 is 0. The number of hydrogen-bond acceptors (Lipinski definition) is 4. The monoisotopic (exact) mass is 189 g/mol. The summed E-state index contributed by atoms with van der Waals surface area (Å²) < 4.78 is 9.71. The second-order valence-electron chi connectivity index (χ2n) is 4.23. The molecule has 78 valence electrons. The molecule has 0 saturated heterocycles. The van der Waals surface area contributed by atoms with Gasteiger partial charge in [0.05, 0.1) is 13.2 Å². The lowest BCUT2D eigenvalue weighted by molar-refractivity contribution is -0.149. The van der Waals surface area contributed by atoms with Gasteiger partial charge < -0.3 is 15.2 Å². The molecule has 0 aliphatic rings. The lowest BCUT2D eigenvalue weighted by Crippen LogP contribution is -2.37. The van der Waals surface area contributed by atoms with Crippen LogP contribution in [0, 0.1) is 5.41 Å². The summed E-state index contributed by atoms with van der Waals surface area (Å²) in [7, 11) is 1.50. The van der Waals surface area contributed by atoms with Crippen molar-refractivity contribution in [2.75, 3.05) is 20.3 Å². The molecule has 0 unspecified atom stereocenters. The maximum atomic E-state index is 11.2. The zero-order chi connectivity index (χ0) is 10.5. The predicted octanol–water partition coefficient (Wildman–Crippen LogP) is 0.549.